The first-order chi connectivity index (χ1) is 18.1. The number of benzene rings is 3. The number of anilines is 1. The molecule has 8 nitrogen and oxygen atoms in total. The van der Waals surface area contributed by atoms with Crippen molar-refractivity contribution in [1.82, 2.24) is 25.1 Å². The quantitative estimate of drug-likeness (QED) is 0.359. The molecular formula is C29H34N6O2. The molecule has 3 aromatic carbocycles. The van der Waals surface area contributed by atoms with Crippen molar-refractivity contribution in [1.29, 1.82) is 0 Å². The molecule has 37 heavy (non-hydrogen) atoms. The van der Waals surface area contributed by atoms with Crippen LogP contribution in [0.3, 0.4) is 0 Å². The van der Waals surface area contributed by atoms with E-state index in [1.54, 1.807) is 14.2 Å². The normalized spacial score (nSPS) is 15.0. The fourth-order valence-corrected chi connectivity index (χ4v) is 5.10. The van der Waals surface area contributed by atoms with Crippen molar-refractivity contribution >= 4 is 5.69 Å². The van der Waals surface area contributed by atoms with E-state index in [0.29, 0.717) is 18.0 Å². The highest BCUT2D eigenvalue weighted by atomic mass is 16.5. The van der Waals surface area contributed by atoms with E-state index < -0.39 is 0 Å². The lowest BCUT2D eigenvalue weighted by molar-refractivity contribution is 0.201. The van der Waals surface area contributed by atoms with E-state index in [0.717, 1.165) is 43.1 Å². The van der Waals surface area contributed by atoms with Gasteiger partial charge in [-0.25, -0.2) is 4.68 Å². The third-order valence-electron chi connectivity index (χ3n) is 7.09. The SMILES string of the molecule is COc1ccc([C@@H](c2nnnn2Cc2ccccc2)N2CCN(c3cc(C)ccc3C)CC2)cc1OC. The summed E-state index contributed by atoms with van der Waals surface area (Å²) >= 11 is 0. The fraction of sp³-hybridized carbons (Fsp3) is 0.345. The number of ether oxygens (including phenoxy) is 2. The molecule has 0 unspecified atom stereocenters. The zero-order valence-corrected chi connectivity index (χ0v) is 22.0. The lowest BCUT2D eigenvalue weighted by atomic mass is 10.0. The molecule has 1 fully saturated rings. The Balaban J connectivity index is 1.47. The van der Waals surface area contributed by atoms with Gasteiger partial charge in [-0.1, -0.05) is 48.5 Å². The van der Waals surface area contributed by atoms with Gasteiger partial charge in [-0.3, -0.25) is 4.90 Å². The Morgan fingerprint density at radius 2 is 1.59 bits per heavy atom. The molecule has 0 radical (unpaired) electrons. The average molecular weight is 499 g/mol. The van der Waals surface area contributed by atoms with Gasteiger partial charge >= 0.3 is 0 Å². The van der Waals surface area contributed by atoms with Gasteiger partial charge in [0.15, 0.2) is 17.3 Å². The largest absolute Gasteiger partial charge is 0.493 e. The number of rotatable bonds is 8. The summed E-state index contributed by atoms with van der Waals surface area (Å²) in [6, 6.07) is 22.9. The van der Waals surface area contributed by atoms with Crippen molar-refractivity contribution in [2.75, 3.05) is 45.3 Å². The van der Waals surface area contributed by atoms with Gasteiger partial charge in [0.2, 0.25) is 0 Å². The van der Waals surface area contributed by atoms with Crippen molar-refractivity contribution in [3.63, 3.8) is 0 Å². The second-order valence-corrected chi connectivity index (χ2v) is 9.51. The highest BCUT2D eigenvalue weighted by molar-refractivity contribution is 5.55. The van der Waals surface area contributed by atoms with Crippen molar-refractivity contribution in [2.24, 2.45) is 0 Å². The lowest BCUT2D eigenvalue weighted by Crippen LogP contribution is -2.48. The average Bonchev–Trinajstić information content (AvgIpc) is 3.38. The predicted octanol–water partition coefficient (Wildman–Crippen LogP) is 4.27. The maximum atomic E-state index is 5.65. The minimum atomic E-state index is -0.126. The molecule has 4 aromatic rings. The van der Waals surface area contributed by atoms with Gasteiger partial charge in [0.1, 0.15) is 0 Å². The van der Waals surface area contributed by atoms with Gasteiger partial charge in [-0.2, -0.15) is 0 Å². The summed E-state index contributed by atoms with van der Waals surface area (Å²) in [5.41, 5.74) is 6.13. The number of nitrogens with zero attached hydrogens (tertiary/aromatic N) is 6. The van der Waals surface area contributed by atoms with Crippen LogP contribution in [0.2, 0.25) is 0 Å². The smallest absolute Gasteiger partial charge is 0.173 e. The summed E-state index contributed by atoms with van der Waals surface area (Å²) in [6.07, 6.45) is 0. The maximum absolute atomic E-state index is 5.65. The van der Waals surface area contributed by atoms with E-state index in [2.05, 4.69) is 75.6 Å². The summed E-state index contributed by atoms with van der Waals surface area (Å²) in [5, 5.41) is 13.0. The van der Waals surface area contributed by atoms with Crippen molar-refractivity contribution in [2.45, 2.75) is 26.4 Å². The van der Waals surface area contributed by atoms with Crippen LogP contribution in [0.15, 0.2) is 66.7 Å². The summed E-state index contributed by atoms with van der Waals surface area (Å²) in [5.74, 6) is 2.21. The van der Waals surface area contributed by atoms with E-state index >= 15 is 0 Å². The predicted molar refractivity (Wildman–Crippen MR) is 144 cm³/mol. The number of methoxy groups -OCH3 is 2. The molecule has 0 saturated carbocycles. The van der Waals surface area contributed by atoms with E-state index in [4.69, 9.17) is 9.47 Å². The summed E-state index contributed by atoms with van der Waals surface area (Å²) in [4.78, 5) is 4.95. The molecule has 1 aliphatic rings. The van der Waals surface area contributed by atoms with E-state index in [-0.39, 0.29) is 6.04 Å². The molecule has 1 atom stereocenters. The van der Waals surface area contributed by atoms with E-state index in [1.807, 2.05) is 35.0 Å². The maximum Gasteiger partial charge on any atom is 0.173 e. The number of aromatic nitrogens is 4. The van der Waals surface area contributed by atoms with Gasteiger partial charge in [-0.05, 0) is 64.7 Å². The lowest BCUT2D eigenvalue weighted by Gasteiger charge is -2.40. The fourth-order valence-electron chi connectivity index (χ4n) is 5.10. The van der Waals surface area contributed by atoms with Crippen molar-refractivity contribution in [3.8, 4) is 11.5 Å². The molecule has 192 valence electrons. The molecular weight excluding hydrogens is 464 g/mol. The van der Waals surface area contributed by atoms with Crippen molar-refractivity contribution in [3.05, 3.63) is 94.8 Å². The van der Waals surface area contributed by atoms with Crippen LogP contribution in [-0.2, 0) is 6.54 Å². The van der Waals surface area contributed by atoms with E-state index in [9.17, 15) is 0 Å². The third-order valence-corrected chi connectivity index (χ3v) is 7.09. The second-order valence-electron chi connectivity index (χ2n) is 9.51. The van der Waals surface area contributed by atoms with Crippen molar-refractivity contribution < 1.29 is 9.47 Å². The van der Waals surface area contributed by atoms with Crippen LogP contribution in [0.5, 0.6) is 11.5 Å². The molecule has 2 heterocycles. The Labute approximate surface area is 218 Å². The van der Waals surface area contributed by atoms with Gasteiger partial charge < -0.3 is 14.4 Å². The second kappa shape index (κ2) is 11.0. The van der Waals surface area contributed by atoms with Gasteiger partial charge in [-0.15, -0.1) is 5.10 Å². The zero-order chi connectivity index (χ0) is 25.8. The zero-order valence-electron chi connectivity index (χ0n) is 22.0. The number of tetrazole rings is 1. The Hall–Kier alpha value is -3.91. The van der Waals surface area contributed by atoms with Gasteiger partial charge in [0, 0.05) is 31.9 Å². The molecule has 5 rings (SSSR count). The van der Waals surface area contributed by atoms with Crippen LogP contribution in [0.25, 0.3) is 0 Å². The third kappa shape index (κ3) is 5.29. The summed E-state index contributed by atoms with van der Waals surface area (Å²) < 4.78 is 13.1. The van der Waals surface area contributed by atoms with Gasteiger partial charge in [0.05, 0.1) is 26.8 Å². The van der Waals surface area contributed by atoms with Crippen LogP contribution in [0, 0.1) is 13.8 Å². The van der Waals surface area contributed by atoms with Crippen LogP contribution in [0.4, 0.5) is 5.69 Å². The molecule has 0 bridgehead atoms. The molecule has 1 aliphatic heterocycles. The number of hydrogen-bond acceptors (Lipinski definition) is 7. The summed E-state index contributed by atoms with van der Waals surface area (Å²) in [6.45, 7) is 8.55. The van der Waals surface area contributed by atoms with Crippen LogP contribution < -0.4 is 14.4 Å². The first kappa shape index (κ1) is 24.8. The minimum absolute atomic E-state index is 0.126. The standard InChI is InChI=1S/C29H34N6O2/c1-21-10-11-22(2)25(18-21)33-14-16-34(17-15-33)28(24-12-13-26(36-3)27(19-24)37-4)29-30-31-32-35(29)20-23-8-6-5-7-9-23/h5-13,18-19,28H,14-17,20H2,1-4H3/t28-/m0/s1. The highest BCUT2D eigenvalue weighted by Crippen LogP contribution is 2.35. The Morgan fingerprint density at radius 1 is 0.838 bits per heavy atom. The monoisotopic (exact) mass is 498 g/mol. The topological polar surface area (TPSA) is 68.5 Å². The van der Waals surface area contributed by atoms with Gasteiger partial charge in [0.25, 0.3) is 0 Å². The number of hydrogen-bond donors (Lipinski definition) is 0. The molecule has 1 saturated heterocycles. The molecule has 0 spiro atoms. The molecule has 1 aromatic heterocycles. The molecule has 0 N–H and O–H groups in total. The highest BCUT2D eigenvalue weighted by Gasteiger charge is 2.31. The molecule has 0 amide bonds. The first-order valence-electron chi connectivity index (χ1n) is 12.7. The molecule has 8 heteroatoms. The van der Waals surface area contributed by atoms with Crippen LogP contribution in [0.1, 0.15) is 34.1 Å². The number of piperazine rings is 1. The first-order valence-corrected chi connectivity index (χ1v) is 12.7. The molecule has 0 aliphatic carbocycles. The van der Waals surface area contributed by atoms with Crippen LogP contribution >= 0.6 is 0 Å². The minimum Gasteiger partial charge on any atom is -0.493 e. The summed E-state index contributed by atoms with van der Waals surface area (Å²) in [7, 11) is 3.32. The van der Waals surface area contributed by atoms with Crippen LogP contribution in [-0.4, -0.2) is 65.5 Å². The Bertz CT molecular complexity index is 1330. The van der Waals surface area contributed by atoms with E-state index in [1.165, 1.54) is 16.8 Å². The Kier molecular flexibility index (Phi) is 7.37. The number of aryl methyl sites for hydroxylation is 2. The Morgan fingerprint density at radius 3 is 2.32 bits per heavy atom.